The quantitative estimate of drug-likeness (QED) is 0.768. The van der Waals surface area contributed by atoms with Crippen molar-refractivity contribution in [3.8, 4) is 0 Å². The summed E-state index contributed by atoms with van der Waals surface area (Å²) in [4.78, 5) is 4.07. The van der Waals surface area contributed by atoms with Crippen molar-refractivity contribution in [3.05, 3.63) is 12.0 Å². The zero-order chi connectivity index (χ0) is 12.3. The van der Waals surface area contributed by atoms with E-state index in [-0.39, 0.29) is 5.03 Å². The number of imidazole rings is 1. The van der Waals surface area contributed by atoms with Crippen LogP contribution >= 0.6 is 10.7 Å². The molecule has 0 unspecified atom stereocenters. The van der Waals surface area contributed by atoms with Gasteiger partial charge in [0.15, 0.2) is 5.03 Å². The van der Waals surface area contributed by atoms with E-state index in [0.29, 0.717) is 5.92 Å². The van der Waals surface area contributed by atoms with Crippen molar-refractivity contribution in [3.63, 3.8) is 0 Å². The molecule has 1 aromatic heterocycles. The Bertz CT molecular complexity index is 451. The summed E-state index contributed by atoms with van der Waals surface area (Å²) >= 11 is 0. The first-order valence-corrected chi connectivity index (χ1v) is 7.66. The average molecular weight is 265 g/mol. The number of hydrogen-bond donors (Lipinski definition) is 0. The Hall–Kier alpha value is -0.550. The van der Waals surface area contributed by atoms with Gasteiger partial charge in [-0.25, -0.2) is 13.4 Å². The van der Waals surface area contributed by atoms with Crippen molar-refractivity contribution >= 4 is 19.7 Å². The fourth-order valence-electron chi connectivity index (χ4n) is 1.52. The van der Waals surface area contributed by atoms with E-state index in [2.05, 4.69) is 18.8 Å². The zero-order valence-electron chi connectivity index (χ0n) is 9.77. The first kappa shape index (κ1) is 13.5. The molecule has 1 rings (SSSR count). The largest absolute Gasteiger partial charge is 0.333 e. The molecule has 0 N–H and O–H groups in total. The summed E-state index contributed by atoms with van der Waals surface area (Å²) in [6, 6.07) is 0. The highest BCUT2D eigenvalue weighted by molar-refractivity contribution is 8.13. The highest BCUT2D eigenvalue weighted by atomic mass is 35.7. The van der Waals surface area contributed by atoms with Crippen molar-refractivity contribution in [2.45, 2.75) is 45.2 Å². The van der Waals surface area contributed by atoms with Crippen LogP contribution in [0.25, 0.3) is 0 Å². The normalized spacial score (nSPS) is 12.3. The van der Waals surface area contributed by atoms with Crippen LogP contribution in [-0.4, -0.2) is 18.0 Å². The van der Waals surface area contributed by atoms with E-state index in [0.717, 1.165) is 25.2 Å². The zero-order valence-corrected chi connectivity index (χ0v) is 11.3. The van der Waals surface area contributed by atoms with Gasteiger partial charge < -0.3 is 4.57 Å². The summed E-state index contributed by atoms with van der Waals surface area (Å²) in [6.45, 7) is 6.94. The molecule has 0 aliphatic rings. The van der Waals surface area contributed by atoms with Gasteiger partial charge in [0.2, 0.25) is 0 Å². The van der Waals surface area contributed by atoms with Crippen molar-refractivity contribution < 1.29 is 8.42 Å². The molecule has 0 spiro atoms. The molecule has 0 bridgehead atoms. The lowest BCUT2D eigenvalue weighted by Gasteiger charge is -2.08. The van der Waals surface area contributed by atoms with Gasteiger partial charge >= 0.3 is 0 Å². The minimum absolute atomic E-state index is 0.0433. The summed E-state index contributed by atoms with van der Waals surface area (Å²) < 4.78 is 24.2. The van der Waals surface area contributed by atoms with E-state index >= 15 is 0 Å². The van der Waals surface area contributed by atoms with Crippen molar-refractivity contribution in [2.24, 2.45) is 5.92 Å². The molecule has 0 saturated heterocycles. The topological polar surface area (TPSA) is 52.0 Å². The van der Waals surface area contributed by atoms with Gasteiger partial charge in [-0.15, -0.1) is 0 Å². The van der Waals surface area contributed by atoms with Crippen molar-refractivity contribution in [1.29, 1.82) is 0 Å². The smallest absolute Gasteiger partial charge is 0.280 e. The van der Waals surface area contributed by atoms with Crippen LogP contribution in [0.2, 0.25) is 0 Å². The van der Waals surface area contributed by atoms with Gasteiger partial charge in [-0.1, -0.05) is 20.8 Å². The standard InChI is InChI=1S/C10H17ClN2O2S/c1-4-5-9-12-10(16(11,14)15)7-13(9)6-8(2)3/h7-8H,4-6H2,1-3H3. The number of aryl methyl sites for hydroxylation is 1. The van der Waals surface area contributed by atoms with E-state index in [1.807, 2.05) is 11.5 Å². The Morgan fingerprint density at radius 1 is 1.50 bits per heavy atom. The van der Waals surface area contributed by atoms with Gasteiger partial charge in [0.05, 0.1) is 0 Å². The third-order valence-corrected chi connectivity index (χ3v) is 3.29. The Morgan fingerprint density at radius 3 is 2.56 bits per heavy atom. The molecule has 16 heavy (non-hydrogen) atoms. The van der Waals surface area contributed by atoms with E-state index in [1.165, 1.54) is 6.20 Å². The first-order valence-electron chi connectivity index (χ1n) is 5.35. The molecule has 0 radical (unpaired) electrons. The second kappa shape index (κ2) is 5.19. The van der Waals surface area contributed by atoms with Crippen LogP contribution in [0.15, 0.2) is 11.2 Å². The van der Waals surface area contributed by atoms with Crippen molar-refractivity contribution in [1.82, 2.24) is 9.55 Å². The molecule has 4 nitrogen and oxygen atoms in total. The van der Waals surface area contributed by atoms with Gasteiger partial charge in [-0.3, -0.25) is 0 Å². The molecule has 0 aliphatic heterocycles. The maximum Gasteiger partial charge on any atom is 0.280 e. The molecule has 1 aromatic rings. The van der Waals surface area contributed by atoms with Gasteiger partial charge in [-0.05, 0) is 12.3 Å². The fraction of sp³-hybridized carbons (Fsp3) is 0.700. The molecular weight excluding hydrogens is 248 g/mol. The molecule has 92 valence electrons. The monoisotopic (exact) mass is 264 g/mol. The lowest BCUT2D eigenvalue weighted by atomic mass is 10.2. The highest BCUT2D eigenvalue weighted by Gasteiger charge is 2.17. The van der Waals surface area contributed by atoms with Crippen molar-refractivity contribution in [2.75, 3.05) is 0 Å². The number of hydrogen-bond acceptors (Lipinski definition) is 3. The summed E-state index contributed by atoms with van der Waals surface area (Å²) in [5, 5.41) is -0.0433. The van der Waals surface area contributed by atoms with Gasteiger partial charge in [-0.2, -0.15) is 0 Å². The van der Waals surface area contributed by atoms with Crippen LogP contribution in [0.1, 0.15) is 33.0 Å². The Labute approximate surface area is 101 Å². The Morgan fingerprint density at radius 2 is 2.12 bits per heavy atom. The maximum absolute atomic E-state index is 11.2. The minimum Gasteiger partial charge on any atom is -0.333 e. The summed E-state index contributed by atoms with van der Waals surface area (Å²) in [5.74, 6) is 1.23. The molecule has 0 amide bonds. The molecule has 1 heterocycles. The summed E-state index contributed by atoms with van der Waals surface area (Å²) in [6.07, 6.45) is 3.21. The molecule has 0 aromatic carbocycles. The van der Waals surface area contributed by atoms with E-state index in [9.17, 15) is 8.42 Å². The van der Waals surface area contributed by atoms with Gasteiger partial charge in [0, 0.05) is 29.8 Å². The molecule has 6 heteroatoms. The van der Waals surface area contributed by atoms with Crippen LogP contribution in [0.3, 0.4) is 0 Å². The van der Waals surface area contributed by atoms with E-state index in [4.69, 9.17) is 10.7 Å². The fourth-order valence-corrected chi connectivity index (χ4v) is 2.21. The van der Waals surface area contributed by atoms with Crippen LogP contribution in [0.4, 0.5) is 0 Å². The lowest BCUT2D eigenvalue weighted by Crippen LogP contribution is -2.07. The molecular formula is C10H17ClN2O2S. The number of nitrogens with zero attached hydrogens (tertiary/aromatic N) is 2. The average Bonchev–Trinajstić information content (AvgIpc) is 2.47. The number of aromatic nitrogens is 2. The van der Waals surface area contributed by atoms with Crippen LogP contribution in [0.5, 0.6) is 0 Å². The van der Waals surface area contributed by atoms with Crippen LogP contribution in [-0.2, 0) is 22.0 Å². The summed E-state index contributed by atoms with van der Waals surface area (Å²) in [5.41, 5.74) is 0. The second-order valence-corrected chi connectivity index (χ2v) is 6.74. The third kappa shape index (κ3) is 3.49. The van der Waals surface area contributed by atoms with Crippen LogP contribution < -0.4 is 0 Å². The molecule has 0 fully saturated rings. The number of halogens is 1. The number of rotatable bonds is 5. The lowest BCUT2D eigenvalue weighted by molar-refractivity contribution is 0.505. The van der Waals surface area contributed by atoms with Gasteiger partial charge in [0.25, 0.3) is 9.05 Å². The maximum atomic E-state index is 11.2. The molecule has 0 aliphatic carbocycles. The minimum atomic E-state index is -3.72. The van der Waals surface area contributed by atoms with Crippen LogP contribution in [0, 0.1) is 5.92 Å². The SMILES string of the molecule is CCCc1nc(S(=O)(=O)Cl)cn1CC(C)C. The van der Waals surface area contributed by atoms with E-state index < -0.39 is 9.05 Å². The Balaban J connectivity index is 3.09. The molecule has 0 saturated carbocycles. The van der Waals surface area contributed by atoms with Gasteiger partial charge in [0.1, 0.15) is 5.82 Å². The second-order valence-electron chi connectivity index (χ2n) is 4.23. The summed E-state index contributed by atoms with van der Waals surface area (Å²) in [7, 11) is 1.56. The third-order valence-electron chi connectivity index (χ3n) is 2.12. The highest BCUT2D eigenvalue weighted by Crippen LogP contribution is 2.16. The van der Waals surface area contributed by atoms with E-state index in [1.54, 1.807) is 0 Å². The predicted octanol–water partition coefficient (Wildman–Crippen LogP) is 2.42. The molecule has 0 atom stereocenters. The first-order chi connectivity index (χ1) is 7.34. The Kier molecular flexibility index (Phi) is 4.38. The predicted molar refractivity (Wildman–Crippen MR) is 64.1 cm³/mol.